The molecular formula is C38H47ClN6O8S. The van der Waals surface area contributed by atoms with Gasteiger partial charge in [-0.1, -0.05) is 49.7 Å². The fraction of sp³-hybridized carbons (Fsp3) is 0.526. The number of rotatable bonds is 12. The molecule has 2 aromatic carbocycles. The minimum absolute atomic E-state index is 0.0326. The van der Waals surface area contributed by atoms with Crippen molar-refractivity contribution in [1.29, 1.82) is 0 Å². The van der Waals surface area contributed by atoms with Crippen LogP contribution in [0.25, 0.3) is 0 Å². The van der Waals surface area contributed by atoms with E-state index >= 15 is 0 Å². The van der Waals surface area contributed by atoms with Gasteiger partial charge in [0.25, 0.3) is 5.91 Å². The Morgan fingerprint density at radius 2 is 1.83 bits per heavy atom. The third-order valence-corrected chi connectivity index (χ3v) is 13.3. The maximum absolute atomic E-state index is 14.5. The topological polar surface area (TPSA) is 167 Å². The van der Waals surface area contributed by atoms with Crippen molar-refractivity contribution in [3.63, 3.8) is 0 Å². The molecule has 3 heterocycles. The first kappa shape index (κ1) is 38.0. The summed E-state index contributed by atoms with van der Waals surface area (Å²) in [6.45, 7) is 10.9. The molecule has 0 aromatic heterocycles. The van der Waals surface area contributed by atoms with Crippen LogP contribution in [0.4, 0.5) is 16.2 Å². The van der Waals surface area contributed by atoms with Crippen molar-refractivity contribution in [3.8, 4) is 0 Å². The number of carbonyl (C=O) groups is 4. The minimum atomic E-state index is -3.87. The number of carbonyl (C=O) groups excluding carboxylic acids is 4. The van der Waals surface area contributed by atoms with Crippen LogP contribution in [0.2, 0.25) is 5.02 Å². The highest BCUT2D eigenvalue weighted by Gasteiger charge is 2.62. The summed E-state index contributed by atoms with van der Waals surface area (Å²) in [5, 5.41) is 6.10. The third-order valence-electron chi connectivity index (χ3n) is 11.1. The SMILES string of the molecule is C=C(C)[C@H](Nc1cccc(N2CCOCC2)c1)C(=O)N1C[C@H](OC(=O)N2Cc3cccc(Cl)c3C2)C[C@H]1C(=O)N[C@]1(C(=O)NS(=O)(=O)C2CC2)C[C@H]1CC. The van der Waals surface area contributed by atoms with Crippen LogP contribution in [0.15, 0.2) is 54.6 Å². The lowest BCUT2D eigenvalue weighted by Gasteiger charge is -2.31. The Kier molecular flexibility index (Phi) is 10.6. The molecule has 7 rings (SSSR count). The van der Waals surface area contributed by atoms with E-state index in [0.717, 1.165) is 29.9 Å². The second-order valence-corrected chi connectivity index (χ2v) is 17.4. The van der Waals surface area contributed by atoms with Gasteiger partial charge in [0.15, 0.2) is 0 Å². The maximum atomic E-state index is 14.5. The molecular weight excluding hydrogens is 736 g/mol. The van der Waals surface area contributed by atoms with Crippen molar-refractivity contribution < 1.29 is 37.1 Å². The first-order valence-electron chi connectivity index (χ1n) is 18.5. The van der Waals surface area contributed by atoms with Crippen LogP contribution >= 0.6 is 11.6 Å². The van der Waals surface area contributed by atoms with Gasteiger partial charge in [0.05, 0.1) is 31.6 Å². The van der Waals surface area contributed by atoms with Gasteiger partial charge in [-0.25, -0.2) is 13.2 Å². The number of anilines is 2. The van der Waals surface area contributed by atoms with E-state index in [-0.39, 0.29) is 31.8 Å². The van der Waals surface area contributed by atoms with Crippen LogP contribution in [-0.4, -0.2) is 104 Å². The van der Waals surface area contributed by atoms with E-state index in [9.17, 15) is 27.6 Å². The number of halogens is 1. The Morgan fingerprint density at radius 1 is 1.09 bits per heavy atom. The van der Waals surface area contributed by atoms with E-state index in [0.29, 0.717) is 55.3 Å². The van der Waals surface area contributed by atoms with E-state index in [4.69, 9.17) is 21.1 Å². The second-order valence-electron chi connectivity index (χ2n) is 15.0. The molecule has 3 aliphatic heterocycles. The number of ether oxygens (including phenoxy) is 2. The molecule has 0 spiro atoms. The average molecular weight is 783 g/mol. The summed E-state index contributed by atoms with van der Waals surface area (Å²) >= 11 is 6.38. The monoisotopic (exact) mass is 782 g/mol. The number of likely N-dealkylation sites (tertiary alicyclic amines) is 1. The lowest BCUT2D eigenvalue weighted by atomic mass is 10.1. The minimum Gasteiger partial charge on any atom is -0.444 e. The van der Waals surface area contributed by atoms with Gasteiger partial charge in [0.2, 0.25) is 21.8 Å². The molecule has 4 amide bonds. The van der Waals surface area contributed by atoms with E-state index in [1.165, 1.54) is 9.80 Å². The standard InChI is InChI=1S/C38H47ClN6O8S/c1-4-25-19-38(25,36(48)42-54(50,51)29-11-12-29)41-34(46)32-18-28(53-37(49)44-20-24-7-5-10-31(39)30(24)22-44)21-45(32)35(47)33(23(2)3)40-26-8-6-9-27(17-26)43-13-15-52-16-14-43/h5-10,17,25,28-29,32-33,40H,2,4,11-16,18-22H2,1,3H3,(H,41,46)(H,42,48)/t25-,28-,32+,33+,38-/m1/s1. The normalized spacial score (nSPS) is 25.4. The number of fused-ring (bicyclic) bond motifs is 1. The molecule has 2 saturated heterocycles. The molecule has 2 aliphatic carbocycles. The van der Waals surface area contributed by atoms with E-state index in [1.54, 1.807) is 13.0 Å². The van der Waals surface area contributed by atoms with Gasteiger partial charge in [0.1, 0.15) is 23.7 Å². The number of nitrogens with zero attached hydrogens (tertiary/aromatic N) is 3. The van der Waals surface area contributed by atoms with Crippen LogP contribution in [0.3, 0.4) is 0 Å². The smallest absolute Gasteiger partial charge is 0.410 e. The summed E-state index contributed by atoms with van der Waals surface area (Å²) in [4.78, 5) is 60.9. The summed E-state index contributed by atoms with van der Waals surface area (Å²) in [5.41, 5.74) is 2.45. The van der Waals surface area contributed by atoms with Gasteiger partial charge in [-0.05, 0) is 73.1 Å². The Labute approximate surface area is 320 Å². The van der Waals surface area contributed by atoms with Gasteiger partial charge in [-0.15, -0.1) is 0 Å². The molecule has 2 saturated carbocycles. The Balaban J connectivity index is 1.11. The van der Waals surface area contributed by atoms with Gasteiger partial charge in [0, 0.05) is 42.5 Å². The molecule has 5 atom stereocenters. The molecule has 4 fully saturated rings. The van der Waals surface area contributed by atoms with Crippen LogP contribution in [0.5, 0.6) is 0 Å². The highest BCUT2D eigenvalue weighted by atomic mass is 35.5. The van der Waals surface area contributed by atoms with Crippen molar-refractivity contribution in [2.24, 2.45) is 5.92 Å². The van der Waals surface area contributed by atoms with E-state index in [1.807, 2.05) is 43.3 Å². The average Bonchev–Trinajstić information content (AvgIpc) is 4.05. The molecule has 3 N–H and O–H groups in total. The number of hydrogen-bond donors (Lipinski definition) is 3. The molecule has 290 valence electrons. The van der Waals surface area contributed by atoms with Crippen molar-refractivity contribution in [2.45, 2.75) is 88.0 Å². The highest BCUT2D eigenvalue weighted by molar-refractivity contribution is 7.91. The largest absolute Gasteiger partial charge is 0.444 e. The lowest BCUT2D eigenvalue weighted by molar-refractivity contribution is -0.139. The Morgan fingerprint density at radius 3 is 2.50 bits per heavy atom. The van der Waals surface area contributed by atoms with Crippen LogP contribution in [0.1, 0.15) is 57.1 Å². The Hall–Kier alpha value is -4.34. The first-order valence-corrected chi connectivity index (χ1v) is 20.5. The molecule has 0 unspecified atom stereocenters. The number of benzene rings is 2. The van der Waals surface area contributed by atoms with Crippen molar-refractivity contribution in [1.82, 2.24) is 19.8 Å². The zero-order chi connectivity index (χ0) is 38.4. The van der Waals surface area contributed by atoms with Crippen molar-refractivity contribution in [2.75, 3.05) is 43.1 Å². The lowest BCUT2D eigenvalue weighted by Crippen LogP contribution is -2.57. The number of sulfonamides is 1. The third kappa shape index (κ3) is 7.76. The zero-order valence-corrected chi connectivity index (χ0v) is 32.1. The molecule has 2 aromatic rings. The summed E-state index contributed by atoms with van der Waals surface area (Å²) in [6.07, 6.45) is 0.244. The molecule has 5 aliphatic rings. The summed E-state index contributed by atoms with van der Waals surface area (Å²) < 4.78 is 39.1. The fourth-order valence-electron chi connectivity index (χ4n) is 7.74. The van der Waals surface area contributed by atoms with Crippen LogP contribution < -0.4 is 20.3 Å². The summed E-state index contributed by atoms with van der Waals surface area (Å²) in [5.74, 6) is -2.16. The predicted octanol–water partition coefficient (Wildman–Crippen LogP) is 3.55. The zero-order valence-electron chi connectivity index (χ0n) is 30.5. The highest BCUT2D eigenvalue weighted by Crippen LogP contribution is 2.47. The molecule has 14 nitrogen and oxygen atoms in total. The fourth-order valence-corrected chi connectivity index (χ4v) is 9.36. The Bertz CT molecular complexity index is 1950. The summed E-state index contributed by atoms with van der Waals surface area (Å²) in [6, 6.07) is 11.1. The van der Waals surface area contributed by atoms with E-state index < -0.39 is 62.8 Å². The van der Waals surface area contributed by atoms with Gasteiger partial charge < -0.3 is 29.9 Å². The molecule has 54 heavy (non-hydrogen) atoms. The summed E-state index contributed by atoms with van der Waals surface area (Å²) in [7, 11) is -3.87. The number of amides is 4. The number of morpholine rings is 1. The predicted molar refractivity (Wildman–Crippen MR) is 202 cm³/mol. The first-order chi connectivity index (χ1) is 25.8. The van der Waals surface area contributed by atoms with Gasteiger partial charge in [-0.3, -0.25) is 24.0 Å². The number of nitrogens with one attached hydrogen (secondary N) is 3. The van der Waals surface area contributed by atoms with Crippen molar-refractivity contribution in [3.05, 3.63) is 70.8 Å². The van der Waals surface area contributed by atoms with Crippen LogP contribution in [0, 0.1) is 5.92 Å². The molecule has 0 radical (unpaired) electrons. The second kappa shape index (κ2) is 15.1. The van der Waals surface area contributed by atoms with E-state index in [2.05, 4.69) is 26.8 Å². The van der Waals surface area contributed by atoms with Crippen LogP contribution in [-0.2, 0) is 47.0 Å². The quantitative estimate of drug-likeness (QED) is 0.271. The van der Waals surface area contributed by atoms with Gasteiger partial charge in [-0.2, -0.15) is 0 Å². The molecule has 16 heteroatoms. The maximum Gasteiger partial charge on any atom is 0.410 e. The molecule has 0 bridgehead atoms. The number of hydrogen-bond acceptors (Lipinski definition) is 10. The van der Waals surface area contributed by atoms with Crippen molar-refractivity contribution >= 4 is 56.8 Å². The van der Waals surface area contributed by atoms with Gasteiger partial charge >= 0.3 is 6.09 Å².